The molecule has 5 nitrogen and oxygen atoms in total. The maximum atomic E-state index is 6.00. The number of rotatable bonds is 4. The number of piperazine rings is 1. The molecule has 3 N–H and O–H groups in total. The van der Waals surface area contributed by atoms with Crippen LogP contribution in [0.1, 0.15) is 43.2 Å². The van der Waals surface area contributed by atoms with Gasteiger partial charge >= 0.3 is 0 Å². The summed E-state index contributed by atoms with van der Waals surface area (Å²) < 4.78 is 0. The van der Waals surface area contributed by atoms with Gasteiger partial charge in [-0.05, 0) is 19.8 Å². The van der Waals surface area contributed by atoms with E-state index in [1.54, 1.807) is 0 Å². The second-order valence-corrected chi connectivity index (χ2v) is 6.19. The second kappa shape index (κ2) is 6.24. The van der Waals surface area contributed by atoms with Crippen LogP contribution in [0.2, 0.25) is 0 Å². The zero-order valence-corrected chi connectivity index (χ0v) is 12.5. The number of imidazole rings is 1. The van der Waals surface area contributed by atoms with Gasteiger partial charge in [0.1, 0.15) is 5.82 Å². The Balaban J connectivity index is 1.58. The lowest BCUT2D eigenvalue weighted by Gasteiger charge is -2.41. The van der Waals surface area contributed by atoms with Crippen molar-refractivity contribution < 1.29 is 0 Å². The molecule has 1 aliphatic heterocycles. The predicted octanol–water partition coefficient (Wildman–Crippen LogP) is 1.28. The highest BCUT2D eigenvalue weighted by molar-refractivity contribution is 5.07. The first kappa shape index (κ1) is 14.0. The van der Waals surface area contributed by atoms with Gasteiger partial charge in [0, 0.05) is 45.0 Å². The van der Waals surface area contributed by atoms with Crippen molar-refractivity contribution in [3.8, 4) is 0 Å². The molecular weight excluding hydrogens is 250 g/mol. The third-order valence-corrected chi connectivity index (χ3v) is 4.94. The Morgan fingerprint density at radius 3 is 2.55 bits per heavy atom. The monoisotopic (exact) mass is 277 g/mol. The van der Waals surface area contributed by atoms with Crippen LogP contribution in [0.5, 0.6) is 0 Å². The minimum absolute atomic E-state index is 0.293. The number of nitrogens with two attached hydrogens (primary N) is 1. The van der Waals surface area contributed by atoms with Crippen LogP contribution >= 0.6 is 0 Å². The highest BCUT2D eigenvalue weighted by Crippen LogP contribution is 2.26. The van der Waals surface area contributed by atoms with Gasteiger partial charge in [0.05, 0.1) is 11.7 Å². The van der Waals surface area contributed by atoms with Gasteiger partial charge in [-0.3, -0.25) is 9.80 Å². The Morgan fingerprint density at radius 2 is 2.00 bits per heavy atom. The Hall–Kier alpha value is -0.910. The molecule has 1 unspecified atom stereocenters. The molecule has 0 bridgehead atoms. The number of H-pyrrole nitrogens is 1. The Bertz CT molecular complexity index is 416. The molecule has 5 heteroatoms. The van der Waals surface area contributed by atoms with Crippen molar-refractivity contribution in [1.82, 2.24) is 19.8 Å². The molecule has 1 atom stereocenters. The fourth-order valence-corrected chi connectivity index (χ4v) is 3.77. The van der Waals surface area contributed by atoms with Gasteiger partial charge < -0.3 is 10.7 Å². The van der Waals surface area contributed by atoms with Crippen LogP contribution in [0.3, 0.4) is 0 Å². The Labute approximate surface area is 121 Å². The van der Waals surface area contributed by atoms with E-state index >= 15 is 0 Å². The van der Waals surface area contributed by atoms with E-state index in [4.69, 9.17) is 5.73 Å². The van der Waals surface area contributed by atoms with Crippen LogP contribution in [0.15, 0.2) is 6.20 Å². The summed E-state index contributed by atoms with van der Waals surface area (Å²) in [5, 5.41) is 0. The molecule has 1 aliphatic carbocycles. The highest BCUT2D eigenvalue weighted by atomic mass is 15.3. The average Bonchev–Trinajstić information content (AvgIpc) is 3.12. The van der Waals surface area contributed by atoms with Crippen molar-refractivity contribution in [1.29, 1.82) is 0 Å². The molecule has 2 aliphatic rings. The van der Waals surface area contributed by atoms with Gasteiger partial charge in [-0.15, -0.1) is 0 Å². The van der Waals surface area contributed by atoms with Gasteiger partial charge in [0.25, 0.3) is 0 Å². The number of aryl methyl sites for hydroxylation is 1. The van der Waals surface area contributed by atoms with E-state index in [0.29, 0.717) is 12.6 Å². The molecule has 1 saturated carbocycles. The van der Waals surface area contributed by atoms with Crippen LogP contribution in [0, 0.1) is 6.92 Å². The standard InChI is InChI=1S/C15H27N5/c1-12-17-11-14(18-12)15(10-16)20-8-6-19(7-9-20)13-4-2-3-5-13/h11,13,15H,2-10,16H2,1H3,(H,17,18). The molecule has 0 aromatic carbocycles. The summed E-state index contributed by atoms with van der Waals surface area (Å²) in [6.45, 7) is 7.27. The van der Waals surface area contributed by atoms with Crippen molar-refractivity contribution in [3.63, 3.8) is 0 Å². The maximum absolute atomic E-state index is 6.00. The number of hydrogen-bond acceptors (Lipinski definition) is 4. The summed E-state index contributed by atoms with van der Waals surface area (Å²) in [6, 6.07) is 1.14. The molecule has 112 valence electrons. The van der Waals surface area contributed by atoms with Crippen molar-refractivity contribution in [2.24, 2.45) is 5.73 Å². The van der Waals surface area contributed by atoms with Crippen molar-refractivity contribution in [2.75, 3.05) is 32.7 Å². The fraction of sp³-hybridized carbons (Fsp3) is 0.800. The van der Waals surface area contributed by atoms with E-state index in [2.05, 4.69) is 19.8 Å². The van der Waals surface area contributed by atoms with Crippen molar-refractivity contribution >= 4 is 0 Å². The number of nitrogens with zero attached hydrogens (tertiary/aromatic N) is 3. The van der Waals surface area contributed by atoms with Gasteiger partial charge in [0.15, 0.2) is 0 Å². The van der Waals surface area contributed by atoms with Crippen LogP contribution in [0.25, 0.3) is 0 Å². The summed E-state index contributed by atoms with van der Waals surface area (Å²) in [7, 11) is 0. The molecule has 2 fully saturated rings. The largest absolute Gasteiger partial charge is 0.345 e. The SMILES string of the molecule is Cc1ncc(C(CN)N2CCN(C3CCCC3)CC2)[nH]1. The summed E-state index contributed by atoms with van der Waals surface area (Å²) >= 11 is 0. The van der Waals surface area contributed by atoms with Crippen molar-refractivity contribution in [3.05, 3.63) is 17.7 Å². The zero-order valence-electron chi connectivity index (χ0n) is 12.5. The first-order valence-electron chi connectivity index (χ1n) is 7.97. The molecule has 1 aromatic rings. The van der Waals surface area contributed by atoms with Crippen LogP contribution in [-0.4, -0.2) is 58.5 Å². The highest BCUT2D eigenvalue weighted by Gasteiger charge is 2.29. The first-order valence-corrected chi connectivity index (χ1v) is 7.97. The molecule has 1 aromatic heterocycles. The molecule has 1 saturated heterocycles. The minimum atomic E-state index is 0.293. The van der Waals surface area contributed by atoms with Crippen LogP contribution in [0.4, 0.5) is 0 Å². The molecule has 3 rings (SSSR count). The van der Waals surface area contributed by atoms with E-state index in [9.17, 15) is 0 Å². The quantitative estimate of drug-likeness (QED) is 0.870. The Morgan fingerprint density at radius 1 is 1.30 bits per heavy atom. The summed E-state index contributed by atoms with van der Waals surface area (Å²) in [5.41, 5.74) is 7.16. The maximum Gasteiger partial charge on any atom is 0.103 e. The summed E-state index contributed by atoms with van der Waals surface area (Å²) in [4.78, 5) is 12.9. The summed E-state index contributed by atoms with van der Waals surface area (Å²) in [6.07, 6.45) is 7.59. The molecular formula is C15H27N5. The topological polar surface area (TPSA) is 61.2 Å². The van der Waals surface area contributed by atoms with E-state index in [1.165, 1.54) is 44.5 Å². The number of nitrogens with one attached hydrogen (secondary N) is 1. The predicted molar refractivity (Wildman–Crippen MR) is 80.5 cm³/mol. The third-order valence-electron chi connectivity index (χ3n) is 4.94. The molecule has 0 spiro atoms. The van der Waals surface area contributed by atoms with E-state index in [0.717, 1.165) is 25.0 Å². The molecule has 0 radical (unpaired) electrons. The third kappa shape index (κ3) is 2.90. The molecule has 2 heterocycles. The zero-order chi connectivity index (χ0) is 13.9. The van der Waals surface area contributed by atoms with E-state index in [-0.39, 0.29) is 0 Å². The lowest BCUT2D eigenvalue weighted by atomic mass is 10.1. The lowest BCUT2D eigenvalue weighted by Crippen LogP contribution is -2.51. The van der Waals surface area contributed by atoms with Gasteiger partial charge in [0.2, 0.25) is 0 Å². The normalized spacial score (nSPS) is 24.3. The van der Waals surface area contributed by atoms with Crippen LogP contribution < -0.4 is 5.73 Å². The first-order chi connectivity index (χ1) is 9.78. The van der Waals surface area contributed by atoms with Gasteiger partial charge in [-0.25, -0.2) is 4.98 Å². The summed E-state index contributed by atoms with van der Waals surface area (Å²) in [5.74, 6) is 0.975. The smallest absolute Gasteiger partial charge is 0.103 e. The number of hydrogen-bond donors (Lipinski definition) is 2. The van der Waals surface area contributed by atoms with Crippen molar-refractivity contribution in [2.45, 2.75) is 44.7 Å². The van der Waals surface area contributed by atoms with Gasteiger partial charge in [-0.1, -0.05) is 12.8 Å². The fourth-order valence-electron chi connectivity index (χ4n) is 3.77. The molecule has 20 heavy (non-hydrogen) atoms. The average molecular weight is 277 g/mol. The van der Waals surface area contributed by atoms with Crippen LogP contribution in [-0.2, 0) is 0 Å². The van der Waals surface area contributed by atoms with E-state index < -0.39 is 0 Å². The van der Waals surface area contributed by atoms with Gasteiger partial charge in [-0.2, -0.15) is 0 Å². The molecule has 0 amide bonds. The minimum Gasteiger partial charge on any atom is -0.345 e. The van der Waals surface area contributed by atoms with E-state index in [1.807, 2.05) is 13.1 Å². The number of aromatic amines is 1. The second-order valence-electron chi connectivity index (χ2n) is 6.19. The lowest BCUT2D eigenvalue weighted by molar-refractivity contribution is 0.0711. The number of aromatic nitrogens is 2. The Kier molecular flexibility index (Phi) is 4.38.